The standard InChI is InChI=1S/C16H13BrN4O3S/c1-21-7-9(6-18-21)16-20-12(8-25-16)15(22)19-11-5-14-13(4-10(11)17)23-2-3-24-14/h4-8H,2-3H2,1H3,(H,19,22). The third kappa shape index (κ3) is 3.24. The first-order valence-corrected chi connectivity index (χ1v) is 9.12. The summed E-state index contributed by atoms with van der Waals surface area (Å²) in [5.41, 5.74) is 1.84. The molecule has 0 fully saturated rings. The van der Waals surface area contributed by atoms with E-state index in [2.05, 4.69) is 31.3 Å². The maximum atomic E-state index is 12.5. The number of aromatic nitrogens is 3. The highest BCUT2D eigenvalue weighted by molar-refractivity contribution is 9.10. The van der Waals surface area contributed by atoms with Crippen molar-refractivity contribution in [2.24, 2.45) is 7.05 Å². The van der Waals surface area contributed by atoms with E-state index < -0.39 is 0 Å². The number of nitrogens with zero attached hydrogens (tertiary/aromatic N) is 3. The summed E-state index contributed by atoms with van der Waals surface area (Å²) in [5, 5.41) is 9.44. The number of carbonyl (C=O) groups is 1. The molecule has 3 aromatic rings. The largest absolute Gasteiger partial charge is 0.486 e. The second-order valence-electron chi connectivity index (χ2n) is 5.37. The van der Waals surface area contributed by atoms with Crippen LogP contribution in [0.3, 0.4) is 0 Å². The average molecular weight is 421 g/mol. The molecule has 0 saturated carbocycles. The van der Waals surface area contributed by atoms with Crippen molar-refractivity contribution in [2.45, 2.75) is 0 Å². The highest BCUT2D eigenvalue weighted by Crippen LogP contribution is 2.38. The average Bonchev–Trinajstić information content (AvgIpc) is 3.24. The molecule has 0 bridgehead atoms. The van der Waals surface area contributed by atoms with Gasteiger partial charge in [-0.2, -0.15) is 5.10 Å². The number of thiazole rings is 1. The molecule has 3 heterocycles. The van der Waals surface area contributed by atoms with E-state index in [1.54, 1.807) is 28.4 Å². The summed E-state index contributed by atoms with van der Waals surface area (Å²) in [6.45, 7) is 1.00. The van der Waals surface area contributed by atoms with Crippen LogP contribution < -0.4 is 14.8 Å². The first kappa shape index (κ1) is 16.1. The van der Waals surface area contributed by atoms with E-state index in [0.717, 1.165) is 10.6 Å². The molecule has 9 heteroatoms. The molecule has 0 saturated heterocycles. The third-order valence-corrected chi connectivity index (χ3v) is 5.12. The van der Waals surface area contributed by atoms with Crippen molar-refractivity contribution in [3.05, 3.63) is 40.1 Å². The maximum absolute atomic E-state index is 12.5. The molecule has 1 amide bonds. The number of nitrogens with one attached hydrogen (secondary N) is 1. The molecule has 0 aliphatic carbocycles. The van der Waals surface area contributed by atoms with E-state index in [1.165, 1.54) is 11.3 Å². The minimum Gasteiger partial charge on any atom is -0.486 e. The van der Waals surface area contributed by atoms with Crippen molar-refractivity contribution in [1.29, 1.82) is 0 Å². The number of carbonyl (C=O) groups excluding carboxylic acids is 1. The Kier molecular flexibility index (Phi) is 4.18. The van der Waals surface area contributed by atoms with E-state index in [1.807, 2.05) is 13.2 Å². The van der Waals surface area contributed by atoms with Crippen molar-refractivity contribution in [3.63, 3.8) is 0 Å². The zero-order chi connectivity index (χ0) is 17.4. The quantitative estimate of drug-likeness (QED) is 0.702. The number of hydrogen-bond acceptors (Lipinski definition) is 6. The monoisotopic (exact) mass is 420 g/mol. The zero-order valence-electron chi connectivity index (χ0n) is 13.2. The highest BCUT2D eigenvalue weighted by Gasteiger charge is 2.18. The summed E-state index contributed by atoms with van der Waals surface area (Å²) >= 11 is 4.84. The van der Waals surface area contributed by atoms with Crippen LogP contribution in [-0.4, -0.2) is 33.9 Å². The van der Waals surface area contributed by atoms with Crippen molar-refractivity contribution >= 4 is 38.9 Å². The number of benzene rings is 1. The van der Waals surface area contributed by atoms with Crippen LogP contribution in [-0.2, 0) is 7.05 Å². The molecule has 4 rings (SSSR count). The van der Waals surface area contributed by atoms with Gasteiger partial charge in [-0.05, 0) is 15.9 Å². The van der Waals surface area contributed by atoms with Gasteiger partial charge in [-0.25, -0.2) is 4.98 Å². The molecule has 0 radical (unpaired) electrons. The van der Waals surface area contributed by atoms with Crippen LogP contribution >= 0.6 is 27.3 Å². The zero-order valence-corrected chi connectivity index (χ0v) is 15.6. The SMILES string of the molecule is Cn1cc(-c2nc(C(=O)Nc3cc4c(cc3Br)OCCO4)cs2)cn1. The van der Waals surface area contributed by atoms with E-state index in [4.69, 9.17) is 9.47 Å². The molecule has 128 valence electrons. The van der Waals surface area contributed by atoms with Gasteiger partial charge in [-0.15, -0.1) is 11.3 Å². The Bertz CT molecular complexity index is 953. The van der Waals surface area contributed by atoms with Crippen molar-refractivity contribution < 1.29 is 14.3 Å². The van der Waals surface area contributed by atoms with Crippen molar-refractivity contribution in [2.75, 3.05) is 18.5 Å². The van der Waals surface area contributed by atoms with Gasteiger partial charge in [0.25, 0.3) is 5.91 Å². The van der Waals surface area contributed by atoms with Crippen LogP contribution in [0, 0.1) is 0 Å². The number of fused-ring (bicyclic) bond motifs is 1. The number of rotatable bonds is 3. The molecule has 2 aromatic heterocycles. The van der Waals surface area contributed by atoms with Crippen molar-refractivity contribution in [3.8, 4) is 22.1 Å². The third-order valence-electron chi connectivity index (χ3n) is 3.57. The predicted molar refractivity (Wildman–Crippen MR) is 97.4 cm³/mol. The number of halogens is 1. The van der Waals surface area contributed by atoms with Gasteiger partial charge in [-0.1, -0.05) is 0 Å². The smallest absolute Gasteiger partial charge is 0.275 e. The molecule has 1 aliphatic rings. The van der Waals surface area contributed by atoms with Gasteiger partial charge in [-0.3, -0.25) is 9.48 Å². The molecule has 0 atom stereocenters. The van der Waals surface area contributed by atoms with Gasteiger partial charge in [0.15, 0.2) is 11.5 Å². The maximum Gasteiger partial charge on any atom is 0.275 e. The summed E-state index contributed by atoms with van der Waals surface area (Å²) < 4.78 is 13.5. The number of amides is 1. The van der Waals surface area contributed by atoms with Gasteiger partial charge < -0.3 is 14.8 Å². The van der Waals surface area contributed by atoms with Gasteiger partial charge in [0, 0.05) is 40.8 Å². The van der Waals surface area contributed by atoms with Crippen LogP contribution in [0.5, 0.6) is 11.5 Å². The normalized spacial score (nSPS) is 12.9. The summed E-state index contributed by atoms with van der Waals surface area (Å²) in [5.74, 6) is 0.978. The Morgan fingerprint density at radius 2 is 2.08 bits per heavy atom. The Morgan fingerprint density at radius 3 is 2.80 bits per heavy atom. The van der Waals surface area contributed by atoms with Crippen LogP contribution in [0.2, 0.25) is 0 Å². The second kappa shape index (κ2) is 6.49. The lowest BCUT2D eigenvalue weighted by atomic mass is 10.2. The first-order valence-electron chi connectivity index (χ1n) is 7.45. The molecule has 1 aliphatic heterocycles. The van der Waals surface area contributed by atoms with Gasteiger partial charge >= 0.3 is 0 Å². The van der Waals surface area contributed by atoms with E-state index in [-0.39, 0.29) is 5.91 Å². The number of aryl methyl sites for hydroxylation is 1. The van der Waals surface area contributed by atoms with Crippen LogP contribution in [0.1, 0.15) is 10.5 Å². The molecular formula is C16H13BrN4O3S. The summed E-state index contributed by atoms with van der Waals surface area (Å²) in [7, 11) is 1.84. The lowest BCUT2D eigenvalue weighted by Crippen LogP contribution is -2.17. The van der Waals surface area contributed by atoms with Crippen LogP contribution in [0.25, 0.3) is 10.6 Å². The fourth-order valence-electron chi connectivity index (χ4n) is 2.39. The lowest BCUT2D eigenvalue weighted by molar-refractivity contribution is 0.102. The topological polar surface area (TPSA) is 78.3 Å². The first-order chi connectivity index (χ1) is 12.1. The molecule has 7 nitrogen and oxygen atoms in total. The minimum atomic E-state index is -0.288. The summed E-state index contributed by atoms with van der Waals surface area (Å²) in [6.07, 6.45) is 3.58. The molecular weight excluding hydrogens is 408 g/mol. The van der Waals surface area contributed by atoms with Gasteiger partial charge in [0.1, 0.15) is 23.9 Å². The lowest BCUT2D eigenvalue weighted by Gasteiger charge is -2.20. The molecule has 0 unspecified atom stereocenters. The molecule has 1 N–H and O–H groups in total. The minimum absolute atomic E-state index is 0.288. The summed E-state index contributed by atoms with van der Waals surface area (Å²) in [6, 6.07) is 3.52. The van der Waals surface area contributed by atoms with Crippen LogP contribution in [0.15, 0.2) is 34.4 Å². The fraction of sp³-hybridized carbons (Fsp3) is 0.188. The second-order valence-corrected chi connectivity index (χ2v) is 7.08. The Morgan fingerprint density at radius 1 is 1.32 bits per heavy atom. The molecule has 25 heavy (non-hydrogen) atoms. The summed E-state index contributed by atoms with van der Waals surface area (Å²) in [4.78, 5) is 16.9. The highest BCUT2D eigenvalue weighted by atomic mass is 79.9. The number of ether oxygens (including phenoxy) is 2. The Labute approximate surface area is 155 Å². The van der Waals surface area contributed by atoms with Crippen LogP contribution in [0.4, 0.5) is 5.69 Å². The predicted octanol–water partition coefficient (Wildman–Crippen LogP) is 3.33. The number of anilines is 1. The number of hydrogen-bond donors (Lipinski definition) is 1. The van der Waals surface area contributed by atoms with E-state index in [9.17, 15) is 4.79 Å². The molecule has 1 aromatic carbocycles. The Balaban J connectivity index is 1.55. The Hall–Kier alpha value is -2.39. The molecule has 0 spiro atoms. The van der Waals surface area contributed by atoms with E-state index in [0.29, 0.717) is 40.6 Å². The van der Waals surface area contributed by atoms with Crippen molar-refractivity contribution in [1.82, 2.24) is 14.8 Å². The van der Waals surface area contributed by atoms with Gasteiger partial charge in [0.2, 0.25) is 0 Å². The van der Waals surface area contributed by atoms with E-state index >= 15 is 0 Å². The van der Waals surface area contributed by atoms with Gasteiger partial charge in [0.05, 0.1) is 11.9 Å². The fourth-order valence-corrected chi connectivity index (χ4v) is 3.59.